The number of amides is 1. The van der Waals surface area contributed by atoms with Crippen molar-refractivity contribution >= 4 is 6.09 Å². The number of ether oxygens (including phenoxy) is 2. The van der Waals surface area contributed by atoms with E-state index in [-0.39, 0.29) is 12.1 Å². The molecular formula is C8H17NO3. The quantitative estimate of drug-likeness (QED) is 0.642. The van der Waals surface area contributed by atoms with Crippen molar-refractivity contribution in [3.8, 4) is 0 Å². The van der Waals surface area contributed by atoms with Crippen molar-refractivity contribution in [1.29, 1.82) is 0 Å². The smallest absolute Gasteiger partial charge is 0.409 e. The lowest BCUT2D eigenvalue weighted by molar-refractivity contribution is 0.0908. The fraction of sp³-hybridized carbons (Fsp3) is 0.875. The topological polar surface area (TPSA) is 38.8 Å². The Morgan fingerprint density at radius 3 is 2.33 bits per heavy atom. The van der Waals surface area contributed by atoms with E-state index in [1.165, 1.54) is 7.11 Å². The van der Waals surface area contributed by atoms with E-state index in [1.54, 1.807) is 12.0 Å². The fourth-order valence-electron chi connectivity index (χ4n) is 0.867. The van der Waals surface area contributed by atoms with Crippen LogP contribution < -0.4 is 0 Å². The summed E-state index contributed by atoms with van der Waals surface area (Å²) in [4.78, 5) is 12.7. The van der Waals surface area contributed by atoms with Crippen LogP contribution in [0.3, 0.4) is 0 Å². The van der Waals surface area contributed by atoms with Gasteiger partial charge in [0.25, 0.3) is 0 Å². The molecule has 0 radical (unpaired) electrons. The van der Waals surface area contributed by atoms with Crippen molar-refractivity contribution in [2.24, 2.45) is 0 Å². The molecule has 4 nitrogen and oxygen atoms in total. The third-order valence-corrected chi connectivity index (χ3v) is 1.57. The zero-order valence-electron chi connectivity index (χ0n) is 8.16. The first-order valence-electron chi connectivity index (χ1n) is 3.97. The van der Waals surface area contributed by atoms with Gasteiger partial charge in [-0.15, -0.1) is 0 Å². The molecule has 0 N–H and O–H groups in total. The van der Waals surface area contributed by atoms with E-state index in [4.69, 9.17) is 4.74 Å². The lowest BCUT2D eigenvalue weighted by Gasteiger charge is -2.24. The molecule has 0 fully saturated rings. The Morgan fingerprint density at radius 1 is 1.42 bits per heavy atom. The fourth-order valence-corrected chi connectivity index (χ4v) is 0.867. The Balaban J connectivity index is 3.95. The first-order chi connectivity index (χ1) is 5.63. The summed E-state index contributed by atoms with van der Waals surface area (Å²) in [5.41, 5.74) is 0. The van der Waals surface area contributed by atoms with Crippen LogP contribution in [-0.4, -0.2) is 44.4 Å². The number of carbonyl (C=O) groups is 1. The number of rotatable bonds is 4. The van der Waals surface area contributed by atoms with Gasteiger partial charge in [0.15, 0.2) is 0 Å². The van der Waals surface area contributed by atoms with Crippen LogP contribution in [0.4, 0.5) is 4.79 Å². The molecule has 0 heterocycles. The van der Waals surface area contributed by atoms with Crippen molar-refractivity contribution < 1.29 is 14.3 Å². The Hall–Kier alpha value is -0.770. The van der Waals surface area contributed by atoms with Crippen LogP contribution in [0, 0.1) is 0 Å². The minimum absolute atomic E-state index is 0.146. The van der Waals surface area contributed by atoms with Crippen LogP contribution in [0.2, 0.25) is 0 Å². The van der Waals surface area contributed by atoms with Crippen molar-refractivity contribution in [1.82, 2.24) is 4.90 Å². The largest absolute Gasteiger partial charge is 0.453 e. The van der Waals surface area contributed by atoms with Crippen molar-refractivity contribution in [2.75, 3.05) is 27.4 Å². The second-order valence-electron chi connectivity index (χ2n) is 2.75. The standard InChI is InChI=1S/C8H17NO3/c1-7(2)9(5-6-11-3)8(10)12-4/h7H,5-6H2,1-4H3. The van der Waals surface area contributed by atoms with Crippen LogP contribution in [0.1, 0.15) is 13.8 Å². The molecule has 4 heteroatoms. The predicted molar refractivity (Wildman–Crippen MR) is 46.1 cm³/mol. The highest BCUT2D eigenvalue weighted by molar-refractivity contribution is 5.67. The molecule has 72 valence electrons. The summed E-state index contributed by atoms with van der Waals surface area (Å²) in [7, 11) is 2.99. The molecule has 0 aliphatic heterocycles. The number of nitrogens with zero attached hydrogens (tertiary/aromatic N) is 1. The van der Waals surface area contributed by atoms with E-state index in [0.717, 1.165) is 0 Å². The summed E-state index contributed by atoms with van der Waals surface area (Å²) in [5, 5.41) is 0. The predicted octanol–water partition coefficient (Wildman–Crippen LogP) is 1.11. The number of methoxy groups -OCH3 is 2. The highest BCUT2D eigenvalue weighted by Crippen LogP contribution is 2.00. The van der Waals surface area contributed by atoms with Gasteiger partial charge in [0.05, 0.1) is 13.7 Å². The minimum Gasteiger partial charge on any atom is -0.453 e. The SMILES string of the molecule is COCCN(C(=O)OC)C(C)C. The van der Waals surface area contributed by atoms with Gasteiger partial charge < -0.3 is 14.4 Å². The summed E-state index contributed by atoms with van der Waals surface area (Å²) in [6.07, 6.45) is -0.304. The van der Waals surface area contributed by atoms with Gasteiger partial charge in [-0.05, 0) is 13.8 Å². The lowest BCUT2D eigenvalue weighted by atomic mass is 10.3. The van der Waals surface area contributed by atoms with Crippen molar-refractivity contribution in [3.63, 3.8) is 0 Å². The molecule has 12 heavy (non-hydrogen) atoms. The average molecular weight is 175 g/mol. The number of hydrogen-bond acceptors (Lipinski definition) is 3. The number of carbonyl (C=O) groups excluding carboxylic acids is 1. The van der Waals surface area contributed by atoms with Crippen LogP contribution in [0.5, 0.6) is 0 Å². The van der Waals surface area contributed by atoms with Gasteiger partial charge in [0.2, 0.25) is 0 Å². The Kier molecular flexibility index (Phi) is 5.45. The molecule has 1 amide bonds. The van der Waals surface area contributed by atoms with Crippen LogP contribution in [0.15, 0.2) is 0 Å². The maximum Gasteiger partial charge on any atom is 0.409 e. The second kappa shape index (κ2) is 5.83. The third-order valence-electron chi connectivity index (χ3n) is 1.57. The summed E-state index contributed by atoms with van der Waals surface area (Å²) in [6.45, 7) is 4.98. The van der Waals surface area contributed by atoms with Gasteiger partial charge in [-0.25, -0.2) is 4.79 Å². The Morgan fingerprint density at radius 2 is 2.00 bits per heavy atom. The molecule has 0 atom stereocenters. The monoisotopic (exact) mass is 175 g/mol. The summed E-state index contributed by atoms with van der Waals surface area (Å²) in [5.74, 6) is 0. The summed E-state index contributed by atoms with van der Waals surface area (Å²) < 4.78 is 9.47. The minimum atomic E-state index is -0.304. The molecule has 0 unspecified atom stereocenters. The van der Waals surface area contributed by atoms with E-state index >= 15 is 0 Å². The average Bonchev–Trinajstić information content (AvgIpc) is 2.04. The van der Waals surface area contributed by atoms with E-state index in [1.807, 2.05) is 13.8 Å². The van der Waals surface area contributed by atoms with Crippen molar-refractivity contribution in [2.45, 2.75) is 19.9 Å². The molecule has 0 spiro atoms. The van der Waals surface area contributed by atoms with E-state index in [9.17, 15) is 4.79 Å². The molecule has 0 bridgehead atoms. The lowest BCUT2D eigenvalue weighted by Crippen LogP contribution is -2.39. The molecular weight excluding hydrogens is 158 g/mol. The second-order valence-corrected chi connectivity index (χ2v) is 2.75. The molecule has 0 aliphatic rings. The highest BCUT2D eigenvalue weighted by atomic mass is 16.5. The molecule has 0 saturated carbocycles. The molecule has 0 aliphatic carbocycles. The van der Waals surface area contributed by atoms with E-state index in [0.29, 0.717) is 13.2 Å². The van der Waals surface area contributed by atoms with Gasteiger partial charge in [0, 0.05) is 19.7 Å². The molecule has 0 saturated heterocycles. The molecule has 0 aromatic carbocycles. The highest BCUT2D eigenvalue weighted by Gasteiger charge is 2.15. The van der Waals surface area contributed by atoms with Gasteiger partial charge in [-0.3, -0.25) is 0 Å². The number of hydrogen-bond donors (Lipinski definition) is 0. The van der Waals surface area contributed by atoms with Crippen molar-refractivity contribution in [3.05, 3.63) is 0 Å². The third kappa shape index (κ3) is 3.57. The molecule has 0 aromatic rings. The van der Waals surface area contributed by atoms with Gasteiger partial charge >= 0.3 is 6.09 Å². The van der Waals surface area contributed by atoms with E-state index in [2.05, 4.69) is 4.74 Å². The maximum atomic E-state index is 11.1. The van der Waals surface area contributed by atoms with Gasteiger partial charge in [-0.1, -0.05) is 0 Å². The normalized spacial score (nSPS) is 10.1. The molecule has 0 aromatic heterocycles. The zero-order chi connectivity index (χ0) is 9.56. The first kappa shape index (κ1) is 11.2. The van der Waals surface area contributed by atoms with Crippen LogP contribution in [-0.2, 0) is 9.47 Å². The van der Waals surface area contributed by atoms with Gasteiger partial charge in [-0.2, -0.15) is 0 Å². The Labute approximate surface area is 73.4 Å². The zero-order valence-corrected chi connectivity index (χ0v) is 8.16. The Bertz CT molecular complexity index is 136. The first-order valence-corrected chi connectivity index (χ1v) is 3.97. The maximum absolute atomic E-state index is 11.1. The van der Waals surface area contributed by atoms with Crippen LogP contribution >= 0.6 is 0 Å². The molecule has 0 rings (SSSR count). The summed E-state index contributed by atoms with van der Waals surface area (Å²) in [6, 6.07) is 0.146. The van der Waals surface area contributed by atoms with Crippen LogP contribution in [0.25, 0.3) is 0 Å². The van der Waals surface area contributed by atoms with E-state index < -0.39 is 0 Å². The summed E-state index contributed by atoms with van der Waals surface area (Å²) >= 11 is 0. The van der Waals surface area contributed by atoms with Gasteiger partial charge in [0.1, 0.15) is 0 Å².